The van der Waals surface area contributed by atoms with E-state index in [1.165, 1.54) is 12.8 Å². The zero-order valence-corrected chi connectivity index (χ0v) is 10.7. The fourth-order valence-corrected chi connectivity index (χ4v) is 2.39. The van der Waals surface area contributed by atoms with Gasteiger partial charge in [-0.2, -0.15) is 5.26 Å². The Bertz CT molecular complexity index is 216. The quantitative estimate of drug-likeness (QED) is 0.686. The molecule has 0 radical (unpaired) electrons. The van der Waals surface area contributed by atoms with E-state index in [9.17, 15) is 0 Å². The number of alkyl halides is 1. The predicted octanol–water partition coefficient (Wildman–Crippen LogP) is 2.79. The molecule has 0 aromatic rings. The summed E-state index contributed by atoms with van der Waals surface area (Å²) in [5.41, 5.74) is 0.528. The third-order valence-electron chi connectivity index (χ3n) is 3.02. The van der Waals surface area contributed by atoms with Gasteiger partial charge in [0.1, 0.15) is 0 Å². The summed E-state index contributed by atoms with van der Waals surface area (Å²) in [5, 5.41) is 9.69. The first kappa shape index (κ1) is 12.0. The number of hydrogen-bond donors (Lipinski definition) is 0. The lowest BCUT2D eigenvalue weighted by atomic mass is 10.1. The average molecular weight is 259 g/mol. The Morgan fingerprint density at radius 1 is 1.50 bits per heavy atom. The third-order valence-corrected chi connectivity index (χ3v) is 4.21. The molecule has 0 aromatic carbocycles. The highest BCUT2D eigenvalue weighted by Gasteiger charge is 2.42. The predicted molar refractivity (Wildman–Crippen MR) is 62.4 cm³/mol. The van der Waals surface area contributed by atoms with Crippen molar-refractivity contribution < 1.29 is 0 Å². The zero-order valence-electron chi connectivity index (χ0n) is 9.09. The molecule has 80 valence electrons. The Labute approximate surface area is 95.4 Å². The molecule has 3 heteroatoms. The van der Waals surface area contributed by atoms with Gasteiger partial charge in [0.05, 0.1) is 6.07 Å². The molecule has 0 atom stereocenters. The summed E-state index contributed by atoms with van der Waals surface area (Å²) < 4.78 is 0. The van der Waals surface area contributed by atoms with E-state index in [1.54, 1.807) is 0 Å². The summed E-state index contributed by atoms with van der Waals surface area (Å²) in [7, 11) is 0. The van der Waals surface area contributed by atoms with Crippen LogP contribution in [0.5, 0.6) is 0 Å². The van der Waals surface area contributed by atoms with Crippen molar-refractivity contribution in [1.29, 1.82) is 5.26 Å². The molecular formula is C11H19BrN2. The number of halogens is 1. The van der Waals surface area contributed by atoms with Crippen molar-refractivity contribution in [3.8, 4) is 6.07 Å². The van der Waals surface area contributed by atoms with Crippen molar-refractivity contribution in [2.45, 2.75) is 39.2 Å². The maximum Gasteiger partial charge on any atom is 0.0635 e. The summed E-state index contributed by atoms with van der Waals surface area (Å²) in [6.07, 6.45) is 3.33. The van der Waals surface area contributed by atoms with Crippen LogP contribution in [-0.4, -0.2) is 29.4 Å². The second kappa shape index (κ2) is 5.14. The van der Waals surface area contributed by atoms with E-state index in [1.807, 2.05) is 0 Å². The average Bonchev–Trinajstić information content (AvgIpc) is 2.92. The van der Waals surface area contributed by atoms with Gasteiger partial charge in [-0.1, -0.05) is 15.9 Å². The van der Waals surface area contributed by atoms with E-state index >= 15 is 0 Å². The Kier molecular flexibility index (Phi) is 4.40. The van der Waals surface area contributed by atoms with E-state index in [-0.39, 0.29) is 0 Å². The lowest BCUT2D eigenvalue weighted by molar-refractivity contribution is 0.190. The molecule has 1 aliphatic rings. The highest BCUT2D eigenvalue weighted by atomic mass is 79.9. The molecular weight excluding hydrogens is 240 g/mol. The first-order valence-electron chi connectivity index (χ1n) is 5.30. The van der Waals surface area contributed by atoms with Crippen LogP contribution in [0, 0.1) is 16.7 Å². The normalized spacial score (nSPS) is 18.6. The van der Waals surface area contributed by atoms with Crippen LogP contribution in [0.25, 0.3) is 0 Å². The molecule has 1 saturated carbocycles. The van der Waals surface area contributed by atoms with Crippen LogP contribution in [0.1, 0.15) is 33.1 Å². The van der Waals surface area contributed by atoms with Gasteiger partial charge in [0.15, 0.2) is 0 Å². The van der Waals surface area contributed by atoms with Gasteiger partial charge in [-0.3, -0.25) is 4.90 Å². The van der Waals surface area contributed by atoms with Crippen LogP contribution in [0.4, 0.5) is 0 Å². The second-order valence-corrected chi connectivity index (χ2v) is 5.17. The lowest BCUT2D eigenvalue weighted by Crippen LogP contribution is -2.37. The number of rotatable bonds is 6. The molecule has 0 aliphatic heterocycles. The van der Waals surface area contributed by atoms with E-state index < -0.39 is 0 Å². The maximum atomic E-state index is 8.58. The van der Waals surface area contributed by atoms with Gasteiger partial charge in [0.25, 0.3) is 0 Å². The van der Waals surface area contributed by atoms with E-state index in [0.29, 0.717) is 17.9 Å². The molecule has 0 spiro atoms. The summed E-state index contributed by atoms with van der Waals surface area (Å²) in [4.78, 5) is 2.43. The summed E-state index contributed by atoms with van der Waals surface area (Å²) in [5.74, 6) is 0. The summed E-state index contributed by atoms with van der Waals surface area (Å²) >= 11 is 3.59. The third kappa shape index (κ3) is 3.25. The molecule has 1 aliphatic carbocycles. The molecule has 2 nitrogen and oxygen atoms in total. The van der Waals surface area contributed by atoms with Gasteiger partial charge < -0.3 is 0 Å². The molecule has 0 bridgehead atoms. The van der Waals surface area contributed by atoms with Gasteiger partial charge in [-0.25, -0.2) is 0 Å². The van der Waals surface area contributed by atoms with Crippen LogP contribution in [0.15, 0.2) is 0 Å². The van der Waals surface area contributed by atoms with Gasteiger partial charge >= 0.3 is 0 Å². The first-order valence-corrected chi connectivity index (χ1v) is 6.43. The van der Waals surface area contributed by atoms with Crippen LogP contribution >= 0.6 is 15.9 Å². The first-order chi connectivity index (χ1) is 6.63. The SMILES string of the molecule is CC(C)N(CCC#N)CC1(CBr)CC1. The van der Waals surface area contributed by atoms with Crippen LogP contribution in [0.3, 0.4) is 0 Å². The zero-order chi connectivity index (χ0) is 10.6. The van der Waals surface area contributed by atoms with Crippen molar-refractivity contribution in [3.63, 3.8) is 0 Å². The molecule has 0 saturated heterocycles. The number of hydrogen-bond acceptors (Lipinski definition) is 2. The van der Waals surface area contributed by atoms with Crippen molar-refractivity contribution in [3.05, 3.63) is 0 Å². The van der Waals surface area contributed by atoms with Crippen molar-refractivity contribution in [2.75, 3.05) is 18.4 Å². The minimum Gasteiger partial charge on any atom is -0.299 e. The van der Waals surface area contributed by atoms with Crippen LogP contribution in [0.2, 0.25) is 0 Å². The molecule has 14 heavy (non-hydrogen) atoms. The van der Waals surface area contributed by atoms with E-state index in [4.69, 9.17) is 5.26 Å². The lowest BCUT2D eigenvalue weighted by Gasteiger charge is -2.29. The molecule has 0 N–H and O–H groups in total. The van der Waals surface area contributed by atoms with Gasteiger partial charge in [0.2, 0.25) is 0 Å². The molecule has 0 amide bonds. The Balaban J connectivity index is 2.39. The number of nitriles is 1. The largest absolute Gasteiger partial charge is 0.299 e. The van der Waals surface area contributed by atoms with Crippen LogP contribution < -0.4 is 0 Å². The van der Waals surface area contributed by atoms with Crippen molar-refractivity contribution >= 4 is 15.9 Å². The molecule has 1 rings (SSSR count). The molecule has 0 heterocycles. The van der Waals surface area contributed by atoms with E-state index in [0.717, 1.165) is 18.4 Å². The second-order valence-electron chi connectivity index (χ2n) is 4.61. The fraction of sp³-hybridized carbons (Fsp3) is 0.909. The van der Waals surface area contributed by atoms with Gasteiger partial charge in [-0.15, -0.1) is 0 Å². The Morgan fingerprint density at radius 3 is 2.50 bits per heavy atom. The minimum absolute atomic E-state index is 0.528. The van der Waals surface area contributed by atoms with Crippen molar-refractivity contribution in [2.24, 2.45) is 5.41 Å². The monoisotopic (exact) mass is 258 g/mol. The topological polar surface area (TPSA) is 27.0 Å². The van der Waals surface area contributed by atoms with Crippen molar-refractivity contribution in [1.82, 2.24) is 4.90 Å². The Hall–Kier alpha value is -0.0700. The standard InChI is InChI=1S/C11H19BrN2/c1-10(2)14(7-3-6-13)9-11(8-12)4-5-11/h10H,3-5,7-9H2,1-2H3. The number of nitrogens with zero attached hydrogens (tertiary/aromatic N) is 2. The minimum atomic E-state index is 0.528. The molecule has 0 aromatic heterocycles. The van der Waals surface area contributed by atoms with Crippen LogP contribution in [-0.2, 0) is 0 Å². The van der Waals surface area contributed by atoms with Gasteiger partial charge in [0, 0.05) is 30.9 Å². The molecule has 0 unspecified atom stereocenters. The van der Waals surface area contributed by atoms with Gasteiger partial charge in [-0.05, 0) is 32.1 Å². The Morgan fingerprint density at radius 2 is 2.14 bits per heavy atom. The summed E-state index contributed by atoms with van der Waals surface area (Å²) in [6.45, 7) is 6.49. The van der Waals surface area contributed by atoms with E-state index in [2.05, 4.69) is 40.7 Å². The maximum absolute atomic E-state index is 8.58. The highest BCUT2D eigenvalue weighted by molar-refractivity contribution is 9.09. The summed E-state index contributed by atoms with van der Waals surface area (Å²) in [6, 6.07) is 2.78. The molecule has 1 fully saturated rings. The smallest absolute Gasteiger partial charge is 0.0635 e. The highest BCUT2D eigenvalue weighted by Crippen LogP contribution is 2.47. The fourth-order valence-electron chi connectivity index (χ4n) is 1.66.